The van der Waals surface area contributed by atoms with E-state index in [2.05, 4.69) is 10.2 Å². The second-order valence-electron chi connectivity index (χ2n) is 4.17. The van der Waals surface area contributed by atoms with Crippen LogP contribution in [0.5, 0.6) is 0 Å². The second-order valence-corrected chi connectivity index (χ2v) is 6.43. The zero-order valence-corrected chi connectivity index (χ0v) is 11.5. The lowest BCUT2D eigenvalue weighted by Crippen LogP contribution is -2.32. The average Bonchev–Trinajstić information content (AvgIpc) is 2.65. The Hall–Kier alpha value is -1.57. The molecule has 3 N–H and O–H groups in total. The quantitative estimate of drug-likeness (QED) is 0.764. The van der Waals surface area contributed by atoms with E-state index in [4.69, 9.17) is 5.73 Å². The molecule has 1 amide bonds. The molecule has 0 fully saturated rings. The van der Waals surface area contributed by atoms with E-state index in [-0.39, 0.29) is 23.9 Å². The first-order chi connectivity index (χ1) is 8.26. The molecule has 0 saturated carbocycles. The number of nitrogens with one attached hydrogen (secondary N) is 1. The smallest absolute Gasteiger partial charge is 0.276 e. The number of aryl methyl sites for hydroxylation is 1. The summed E-state index contributed by atoms with van der Waals surface area (Å²) < 4.78 is 22.1. The summed E-state index contributed by atoms with van der Waals surface area (Å²) in [7, 11) is -1.58. The van der Waals surface area contributed by atoms with Crippen molar-refractivity contribution in [1.82, 2.24) is 15.1 Å². The molecule has 1 aromatic heterocycles. The van der Waals surface area contributed by atoms with Crippen molar-refractivity contribution in [3.63, 3.8) is 0 Å². The fourth-order valence-electron chi connectivity index (χ4n) is 1.40. The van der Waals surface area contributed by atoms with Gasteiger partial charge in [-0.1, -0.05) is 6.92 Å². The molecule has 0 unspecified atom stereocenters. The Bertz CT molecular complexity index is 535. The molecule has 0 bridgehead atoms. The molecule has 0 spiro atoms. The third-order valence-electron chi connectivity index (χ3n) is 2.58. The molecule has 0 aliphatic rings. The third-order valence-corrected chi connectivity index (χ3v) is 3.51. The molecular weight excluding hydrogens is 256 g/mol. The van der Waals surface area contributed by atoms with Crippen LogP contribution in [0.4, 0.5) is 5.69 Å². The molecule has 18 heavy (non-hydrogen) atoms. The fourth-order valence-corrected chi connectivity index (χ4v) is 2.01. The highest BCUT2D eigenvalue weighted by Crippen LogP contribution is 2.15. The topological polar surface area (TPSA) is 109 Å². The highest BCUT2D eigenvalue weighted by atomic mass is 32.2. The van der Waals surface area contributed by atoms with Crippen molar-refractivity contribution in [2.24, 2.45) is 0 Å². The van der Waals surface area contributed by atoms with E-state index in [1.807, 2.05) is 6.92 Å². The summed E-state index contributed by atoms with van der Waals surface area (Å²) in [4.78, 5) is 13.3. The van der Waals surface area contributed by atoms with Crippen molar-refractivity contribution in [2.75, 3.05) is 31.3 Å². The molecule has 8 heteroatoms. The Balaban J connectivity index is 2.77. The third kappa shape index (κ3) is 3.46. The predicted octanol–water partition coefficient (Wildman–Crippen LogP) is -0.329. The van der Waals surface area contributed by atoms with Crippen molar-refractivity contribution in [2.45, 2.75) is 13.3 Å². The van der Waals surface area contributed by atoms with Gasteiger partial charge < -0.3 is 10.6 Å². The van der Waals surface area contributed by atoms with E-state index in [0.29, 0.717) is 17.8 Å². The second kappa shape index (κ2) is 5.38. The van der Waals surface area contributed by atoms with Gasteiger partial charge in [-0.05, 0) is 6.42 Å². The van der Waals surface area contributed by atoms with Gasteiger partial charge in [0.25, 0.3) is 5.91 Å². The molecule has 1 aromatic rings. The minimum absolute atomic E-state index is 0.0831. The van der Waals surface area contributed by atoms with E-state index in [1.165, 1.54) is 11.9 Å². The molecule has 1 rings (SSSR count). The SMILES string of the molecule is CCc1[nH]nc(C(=O)N(C)CCS(C)(=O)=O)c1N. The summed E-state index contributed by atoms with van der Waals surface area (Å²) in [5.41, 5.74) is 6.95. The monoisotopic (exact) mass is 274 g/mol. The van der Waals surface area contributed by atoms with Gasteiger partial charge in [-0.3, -0.25) is 9.89 Å². The summed E-state index contributed by atoms with van der Waals surface area (Å²) in [6.45, 7) is 2.01. The number of hydrogen-bond donors (Lipinski definition) is 2. The standard InChI is InChI=1S/C10H18N4O3S/c1-4-7-8(11)9(13-12-7)10(15)14(2)5-6-18(3,16)17/h4-6,11H2,1-3H3,(H,12,13). The lowest BCUT2D eigenvalue weighted by atomic mass is 10.2. The summed E-state index contributed by atoms with van der Waals surface area (Å²) in [6.07, 6.45) is 1.78. The minimum Gasteiger partial charge on any atom is -0.395 e. The van der Waals surface area contributed by atoms with E-state index in [0.717, 1.165) is 6.26 Å². The highest BCUT2D eigenvalue weighted by molar-refractivity contribution is 7.90. The first-order valence-corrected chi connectivity index (χ1v) is 7.58. The van der Waals surface area contributed by atoms with Crippen LogP contribution in [0.1, 0.15) is 23.1 Å². The van der Waals surface area contributed by atoms with Gasteiger partial charge in [0, 0.05) is 19.8 Å². The number of nitrogens with two attached hydrogens (primary N) is 1. The van der Waals surface area contributed by atoms with Crippen LogP contribution in [0.2, 0.25) is 0 Å². The Morgan fingerprint density at radius 3 is 2.56 bits per heavy atom. The van der Waals surface area contributed by atoms with Gasteiger partial charge in [0.05, 0.1) is 17.1 Å². The van der Waals surface area contributed by atoms with Crippen LogP contribution in [0.15, 0.2) is 0 Å². The van der Waals surface area contributed by atoms with Gasteiger partial charge in [-0.15, -0.1) is 0 Å². The summed E-state index contributed by atoms with van der Waals surface area (Å²) in [5, 5.41) is 6.55. The zero-order valence-electron chi connectivity index (χ0n) is 10.7. The number of aromatic nitrogens is 2. The van der Waals surface area contributed by atoms with Gasteiger partial charge in [0.2, 0.25) is 0 Å². The lowest BCUT2D eigenvalue weighted by molar-refractivity contribution is 0.0798. The number of amides is 1. The molecule has 7 nitrogen and oxygen atoms in total. The number of H-pyrrole nitrogens is 1. The average molecular weight is 274 g/mol. The van der Waals surface area contributed by atoms with Crippen LogP contribution in [-0.2, 0) is 16.3 Å². The van der Waals surface area contributed by atoms with Gasteiger partial charge in [-0.2, -0.15) is 5.10 Å². The van der Waals surface area contributed by atoms with Crippen molar-refractivity contribution in [3.05, 3.63) is 11.4 Å². The number of nitrogens with zero attached hydrogens (tertiary/aromatic N) is 2. The zero-order chi connectivity index (χ0) is 13.9. The van der Waals surface area contributed by atoms with Crippen molar-refractivity contribution >= 4 is 21.4 Å². The Morgan fingerprint density at radius 1 is 1.50 bits per heavy atom. The molecule has 0 aliphatic carbocycles. The molecule has 102 valence electrons. The van der Waals surface area contributed by atoms with Crippen LogP contribution in [0.25, 0.3) is 0 Å². The number of rotatable bonds is 5. The van der Waals surface area contributed by atoms with Crippen LogP contribution >= 0.6 is 0 Å². The maximum absolute atomic E-state index is 12.0. The predicted molar refractivity (Wildman–Crippen MR) is 69.0 cm³/mol. The molecule has 0 saturated heterocycles. The Morgan fingerprint density at radius 2 is 2.11 bits per heavy atom. The molecule has 0 aliphatic heterocycles. The largest absolute Gasteiger partial charge is 0.395 e. The molecule has 1 heterocycles. The van der Waals surface area contributed by atoms with E-state index in [1.54, 1.807) is 0 Å². The van der Waals surface area contributed by atoms with Gasteiger partial charge >= 0.3 is 0 Å². The number of sulfone groups is 1. The number of carbonyl (C=O) groups is 1. The van der Waals surface area contributed by atoms with Crippen molar-refractivity contribution in [3.8, 4) is 0 Å². The summed E-state index contributed by atoms with van der Waals surface area (Å²) in [5.74, 6) is -0.465. The number of nitrogen functional groups attached to an aromatic ring is 1. The maximum atomic E-state index is 12.0. The van der Waals surface area contributed by atoms with Crippen molar-refractivity contribution in [1.29, 1.82) is 0 Å². The Kier molecular flexibility index (Phi) is 4.33. The minimum atomic E-state index is -3.10. The lowest BCUT2D eigenvalue weighted by Gasteiger charge is -2.15. The van der Waals surface area contributed by atoms with Gasteiger partial charge in [-0.25, -0.2) is 8.42 Å². The first kappa shape index (κ1) is 14.5. The van der Waals surface area contributed by atoms with Crippen LogP contribution in [-0.4, -0.2) is 55.0 Å². The highest BCUT2D eigenvalue weighted by Gasteiger charge is 2.20. The van der Waals surface area contributed by atoms with E-state index in [9.17, 15) is 13.2 Å². The summed E-state index contributed by atoms with van der Waals surface area (Å²) in [6, 6.07) is 0. The van der Waals surface area contributed by atoms with Crippen LogP contribution in [0.3, 0.4) is 0 Å². The molecule has 0 atom stereocenters. The number of carbonyl (C=O) groups excluding carboxylic acids is 1. The molecule has 0 aromatic carbocycles. The molecular formula is C10H18N4O3S. The van der Waals surface area contributed by atoms with Crippen LogP contribution in [0, 0.1) is 0 Å². The number of hydrogen-bond acceptors (Lipinski definition) is 5. The number of aromatic amines is 1. The van der Waals surface area contributed by atoms with E-state index < -0.39 is 9.84 Å². The first-order valence-electron chi connectivity index (χ1n) is 5.52. The fraction of sp³-hybridized carbons (Fsp3) is 0.600. The van der Waals surface area contributed by atoms with Crippen molar-refractivity contribution < 1.29 is 13.2 Å². The van der Waals surface area contributed by atoms with Gasteiger partial charge in [0.1, 0.15) is 9.84 Å². The summed E-state index contributed by atoms with van der Waals surface area (Å²) >= 11 is 0. The normalized spacial score (nSPS) is 11.5. The van der Waals surface area contributed by atoms with E-state index >= 15 is 0 Å². The number of anilines is 1. The Labute approximate surface area is 106 Å². The van der Waals surface area contributed by atoms with Crippen LogP contribution < -0.4 is 5.73 Å². The van der Waals surface area contributed by atoms with Gasteiger partial charge in [0.15, 0.2) is 5.69 Å². The molecule has 0 radical (unpaired) electrons. The maximum Gasteiger partial charge on any atom is 0.276 e.